The van der Waals surface area contributed by atoms with E-state index in [2.05, 4.69) is 11.1 Å². The zero-order valence-corrected chi connectivity index (χ0v) is 20.5. The van der Waals surface area contributed by atoms with Crippen molar-refractivity contribution in [1.82, 2.24) is 9.97 Å². The first-order chi connectivity index (χ1) is 17.5. The predicted molar refractivity (Wildman–Crippen MR) is 144 cm³/mol. The van der Waals surface area contributed by atoms with Gasteiger partial charge in [0.2, 0.25) is 0 Å². The topological polar surface area (TPSA) is 76.3 Å². The third-order valence-corrected chi connectivity index (χ3v) is 7.53. The van der Waals surface area contributed by atoms with Gasteiger partial charge < -0.3 is 4.42 Å². The molecule has 6 rings (SSSR count). The van der Waals surface area contributed by atoms with E-state index < -0.39 is 11.5 Å². The number of hydrogen-bond acceptors (Lipinski definition) is 6. The molecule has 3 aromatic carbocycles. The van der Waals surface area contributed by atoms with Crippen molar-refractivity contribution < 1.29 is 9.21 Å². The van der Waals surface area contributed by atoms with Gasteiger partial charge >= 0.3 is 5.63 Å². The minimum Gasteiger partial charge on any atom is -0.422 e. The Bertz CT molecular complexity index is 1840. The standard InChI is InChI=1S/C29H21N3O3S/c1-17-9-12-25-26(18(17)2)31-29(36-25)32(16-19-6-5-13-30-15-19)27(33)23-14-22-21-8-4-3-7-20(21)10-11-24(22)35-28(23)34/h3-15H,16H2,1-2H3. The van der Waals surface area contributed by atoms with Crippen LogP contribution in [0.3, 0.4) is 0 Å². The number of amides is 1. The highest BCUT2D eigenvalue weighted by Gasteiger charge is 2.26. The van der Waals surface area contributed by atoms with Crippen molar-refractivity contribution >= 4 is 54.3 Å². The van der Waals surface area contributed by atoms with Gasteiger partial charge in [-0.15, -0.1) is 0 Å². The van der Waals surface area contributed by atoms with Crippen LogP contribution in [0.5, 0.6) is 0 Å². The first-order valence-corrected chi connectivity index (χ1v) is 12.3. The van der Waals surface area contributed by atoms with Crippen LogP contribution in [-0.4, -0.2) is 15.9 Å². The summed E-state index contributed by atoms with van der Waals surface area (Å²) in [6, 6.07) is 20.9. The van der Waals surface area contributed by atoms with E-state index in [1.54, 1.807) is 29.4 Å². The molecular formula is C29H21N3O3S. The summed E-state index contributed by atoms with van der Waals surface area (Å²) in [4.78, 5) is 37.6. The van der Waals surface area contributed by atoms with Crippen molar-refractivity contribution in [2.45, 2.75) is 20.4 Å². The summed E-state index contributed by atoms with van der Waals surface area (Å²) in [5.74, 6) is -0.462. The van der Waals surface area contributed by atoms with Crippen LogP contribution in [0.1, 0.15) is 27.0 Å². The third kappa shape index (κ3) is 3.74. The normalized spacial score (nSPS) is 11.4. The number of hydrogen-bond donors (Lipinski definition) is 0. The lowest BCUT2D eigenvalue weighted by atomic mass is 10.0. The lowest BCUT2D eigenvalue weighted by Crippen LogP contribution is -2.33. The van der Waals surface area contributed by atoms with Crippen molar-refractivity contribution in [3.63, 3.8) is 0 Å². The molecule has 36 heavy (non-hydrogen) atoms. The molecule has 0 aliphatic heterocycles. The average Bonchev–Trinajstić information content (AvgIpc) is 3.34. The van der Waals surface area contributed by atoms with E-state index in [9.17, 15) is 9.59 Å². The average molecular weight is 492 g/mol. The van der Waals surface area contributed by atoms with Gasteiger partial charge in [-0.2, -0.15) is 0 Å². The number of anilines is 1. The molecule has 0 bridgehead atoms. The van der Waals surface area contributed by atoms with Crippen LogP contribution in [0.25, 0.3) is 32.0 Å². The molecule has 0 fully saturated rings. The summed E-state index contributed by atoms with van der Waals surface area (Å²) in [5.41, 5.74) is 3.62. The van der Waals surface area contributed by atoms with Crippen LogP contribution in [0.15, 0.2) is 88.3 Å². The van der Waals surface area contributed by atoms with Crippen LogP contribution in [0, 0.1) is 13.8 Å². The van der Waals surface area contributed by atoms with Gasteiger partial charge in [-0.1, -0.05) is 53.8 Å². The van der Waals surface area contributed by atoms with Gasteiger partial charge in [-0.25, -0.2) is 9.78 Å². The van der Waals surface area contributed by atoms with Gasteiger partial charge in [-0.05, 0) is 65.6 Å². The van der Waals surface area contributed by atoms with Crippen LogP contribution >= 0.6 is 11.3 Å². The number of aromatic nitrogens is 2. The largest absolute Gasteiger partial charge is 0.422 e. The summed E-state index contributed by atoms with van der Waals surface area (Å²) in [6.45, 7) is 4.28. The third-order valence-electron chi connectivity index (χ3n) is 6.49. The molecule has 3 heterocycles. The number of thiazole rings is 1. The summed E-state index contributed by atoms with van der Waals surface area (Å²) >= 11 is 1.42. The molecule has 0 atom stereocenters. The zero-order chi connectivity index (χ0) is 24.8. The Kier molecular flexibility index (Phi) is 5.34. The minimum absolute atomic E-state index is 0.0325. The van der Waals surface area contributed by atoms with Gasteiger partial charge in [0.1, 0.15) is 11.1 Å². The van der Waals surface area contributed by atoms with E-state index >= 15 is 0 Å². The molecule has 0 unspecified atom stereocenters. The Morgan fingerprint density at radius 1 is 1.00 bits per heavy atom. The molecular weight excluding hydrogens is 470 g/mol. The highest BCUT2D eigenvalue weighted by Crippen LogP contribution is 2.34. The van der Waals surface area contributed by atoms with E-state index in [0.717, 1.165) is 37.7 Å². The molecule has 6 aromatic rings. The van der Waals surface area contributed by atoms with Gasteiger partial charge in [0.15, 0.2) is 5.13 Å². The Morgan fingerprint density at radius 3 is 2.69 bits per heavy atom. The number of carbonyl (C=O) groups is 1. The first kappa shape index (κ1) is 22.1. The van der Waals surface area contributed by atoms with Gasteiger partial charge in [0, 0.05) is 17.8 Å². The second-order valence-corrected chi connectivity index (χ2v) is 9.76. The second-order valence-electron chi connectivity index (χ2n) is 8.75. The Balaban J connectivity index is 1.53. The molecule has 7 heteroatoms. The summed E-state index contributed by atoms with van der Waals surface area (Å²) in [7, 11) is 0. The number of rotatable bonds is 4. The van der Waals surface area contributed by atoms with Crippen LogP contribution < -0.4 is 10.5 Å². The fraction of sp³-hybridized carbons (Fsp3) is 0.103. The second kappa shape index (κ2) is 8.70. The summed E-state index contributed by atoms with van der Waals surface area (Å²) < 4.78 is 6.60. The smallest absolute Gasteiger partial charge is 0.349 e. The van der Waals surface area contributed by atoms with Crippen molar-refractivity contribution in [3.8, 4) is 0 Å². The number of aryl methyl sites for hydroxylation is 2. The molecule has 0 radical (unpaired) electrons. The molecule has 6 nitrogen and oxygen atoms in total. The Hall–Kier alpha value is -4.36. The number of pyridine rings is 1. The Morgan fingerprint density at radius 2 is 1.86 bits per heavy atom. The number of fused-ring (bicyclic) bond motifs is 4. The molecule has 176 valence electrons. The zero-order valence-electron chi connectivity index (χ0n) is 19.7. The highest BCUT2D eigenvalue weighted by molar-refractivity contribution is 7.22. The molecule has 0 saturated heterocycles. The van der Waals surface area contributed by atoms with Gasteiger partial charge in [-0.3, -0.25) is 14.7 Å². The molecule has 1 amide bonds. The number of nitrogens with zero attached hydrogens (tertiary/aromatic N) is 3. The molecule has 0 saturated carbocycles. The van der Waals surface area contributed by atoms with E-state index in [1.807, 2.05) is 62.4 Å². The summed E-state index contributed by atoms with van der Waals surface area (Å²) in [6.07, 6.45) is 3.39. The van der Waals surface area contributed by atoms with Crippen LogP contribution in [0.2, 0.25) is 0 Å². The van der Waals surface area contributed by atoms with Crippen molar-refractivity contribution in [1.29, 1.82) is 0 Å². The SMILES string of the molecule is Cc1ccc2sc(N(Cc3cccnc3)C(=O)c3cc4c(ccc5ccccc54)oc3=O)nc2c1C. The summed E-state index contributed by atoms with van der Waals surface area (Å²) in [5, 5.41) is 3.15. The molecule has 0 N–H and O–H groups in total. The van der Waals surface area contributed by atoms with Crippen LogP contribution in [-0.2, 0) is 6.54 Å². The maximum Gasteiger partial charge on any atom is 0.349 e. The molecule has 0 aliphatic carbocycles. The molecule has 3 aromatic heterocycles. The van der Waals surface area contributed by atoms with Gasteiger partial charge in [0.25, 0.3) is 5.91 Å². The maximum absolute atomic E-state index is 14.0. The van der Waals surface area contributed by atoms with E-state index in [1.165, 1.54) is 11.3 Å². The Labute approximate surface area is 210 Å². The fourth-order valence-electron chi connectivity index (χ4n) is 4.40. The van der Waals surface area contributed by atoms with E-state index in [0.29, 0.717) is 16.1 Å². The van der Waals surface area contributed by atoms with Crippen molar-refractivity contribution in [2.24, 2.45) is 0 Å². The monoisotopic (exact) mass is 491 g/mol. The first-order valence-electron chi connectivity index (χ1n) is 11.5. The highest BCUT2D eigenvalue weighted by atomic mass is 32.1. The van der Waals surface area contributed by atoms with Crippen molar-refractivity contribution in [3.05, 3.63) is 112 Å². The number of carbonyl (C=O) groups excluding carboxylic acids is 1. The van der Waals surface area contributed by atoms with E-state index in [-0.39, 0.29) is 12.1 Å². The fourth-order valence-corrected chi connectivity index (χ4v) is 5.42. The lowest BCUT2D eigenvalue weighted by molar-refractivity contribution is 0.0981. The van der Waals surface area contributed by atoms with Crippen molar-refractivity contribution in [2.75, 3.05) is 4.90 Å². The van der Waals surface area contributed by atoms with Crippen LogP contribution in [0.4, 0.5) is 5.13 Å². The predicted octanol–water partition coefficient (Wildman–Crippen LogP) is 6.41. The minimum atomic E-state index is -0.674. The molecule has 0 aliphatic rings. The quantitative estimate of drug-likeness (QED) is 0.210. The van der Waals surface area contributed by atoms with E-state index in [4.69, 9.17) is 9.40 Å². The maximum atomic E-state index is 14.0. The lowest BCUT2D eigenvalue weighted by Gasteiger charge is -2.19. The molecule has 0 spiro atoms. The van der Waals surface area contributed by atoms with Gasteiger partial charge in [0.05, 0.1) is 16.8 Å². The number of benzene rings is 3.